The van der Waals surface area contributed by atoms with Crippen LogP contribution in [0.5, 0.6) is 0 Å². The summed E-state index contributed by atoms with van der Waals surface area (Å²) in [6.45, 7) is 11.8. The highest BCUT2D eigenvalue weighted by molar-refractivity contribution is 5.99. The molecule has 3 heterocycles. The molecule has 0 bridgehead atoms. The molecular weight excluding hydrogens is 572 g/mol. The number of alkyl halides is 4. The fourth-order valence-electron chi connectivity index (χ4n) is 5.06. The zero-order valence-corrected chi connectivity index (χ0v) is 26.0. The number of carbonyl (C=O) groups is 1. The Morgan fingerprint density at radius 3 is 2.59 bits per heavy atom. The largest absolute Gasteiger partial charge is 0.432 e. The van der Waals surface area contributed by atoms with Crippen molar-refractivity contribution in [1.82, 2.24) is 15.5 Å². The number of aliphatic imine (C=N–C) groups is 2. The normalized spacial score (nSPS) is 22.5. The van der Waals surface area contributed by atoms with E-state index in [1.165, 1.54) is 6.08 Å². The Kier molecular flexibility index (Phi) is 12.4. The average molecular weight is 617 g/mol. The Labute approximate surface area is 257 Å². The fourth-order valence-corrected chi connectivity index (χ4v) is 5.06. The van der Waals surface area contributed by atoms with Crippen LogP contribution in [0, 0.1) is 0 Å². The molecule has 0 radical (unpaired) electrons. The van der Waals surface area contributed by atoms with Gasteiger partial charge < -0.3 is 21.3 Å². The lowest BCUT2D eigenvalue weighted by molar-refractivity contribution is -0.114. The molecule has 1 fully saturated rings. The lowest BCUT2D eigenvalue weighted by atomic mass is 9.99. The van der Waals surface area contributed by atoms with Crippen LogP contribution in [0.25, 0.3) is 0 Å². The van der Waals surface area contributed by atoms with Crippen LogP contribution in [-0.2, 0) is 4.79 Å². The molecule has 240 valence electrons. The number of rotatable bonds is 10. The summed E-state index contributed by atoms with van der Waals surface area (Å²) in [6, 6.07) is -0.644. The first-order valence-electron chi connectivity index (χ1n) is 14.9. The second-order valence-corrected chi connectivity index (χ2v) is 11.6. The number of allylic oxidation sites excluding steroid dienone is 8. The minimum absolute atomic E-state index is 0.0131. The maximum atomic E-state index is 15.8. The number of nitrogens with zero attached hydrogens (tertiary/aromatic N) is 3. The lowest BCUT2D eigenvalue weighted by Gasteiger charge is -2.38. The van der Waals surface area contributed by atoms with E-state index >= 15 is 4.39 Å². The quantitative estimate of drug-likeness (QED) is 0.114. The highest BCUT2D eigenvalue weighted by Crippen LogP contribution is 2.27. The summed E-state index contributed by atoms with van der Waals surface area (Å²) < 4.78 is 55.7. The molecule has 11 heteroatoms. The van der Waals surface area contributed by atoms with E-state index in [9.17, 15) is 18.0 Å². The summed E-state index contributed by atoms with van der Waals surface area (Å²) in [6.07, 6.45) is 7.47. The van der Waals surface area contributed by atoms with Gasteiger partial charge in [-0.05, 0) is 95.6 Å². The van der Waals surface area contributed by atoms with Crippen molar-refractivity contribution in [2.75, 3.05) is 19.6 Å². The molecule has 0 saturated carbocycles. The molecule has 0 aromatic carbocycles. The second-order valence-electron chi connectivity index (χ2n) is 11.6. The first-order chi connectivity index (χ1) is 20.8. The second kappa shape index (κ2) is 15.7. The van der Waals surface area contributed by atoms with Gasteiger partial charge in [0.1, 0.15) is 11.9 Å². The molecule has 1 amide bonds. The van der Waals surface area contributed by atoms with E-state index in [2.05, 4.69) is 27.2 Å². The molecule has 3 rings (SSSR count). The monoisotopic (exact) mass is 616 g/mol. The molecule has 0 aromatic heterocycles. The number of likely N-dealkylation sites (tertiary alicyclic amines) is 1. The summed E-state index contributed by atoms with van der Waals surface area (Å²) in [5.74, 6) is -0.633. The number of halogens is 4. The van der Waals surface area contributed by atoms with E-state index in [1.807, 2.05) is 26.8 Å². The molecule has 1 saturated heterocycles. The van der Waals surface area contributed by atoms with Gasteiger partial charge >= 0.3 is 6.18 Å². The van der Waals surface area contributed by atoms with Crippen LogP contribution in [-0.4, -0.2) is 60.8 Å². The van der Waals surface area contributed by atoms with E-state index in [-0.39, 0.29) is 18.7 Å². The molecule has 3 aliphatic heterocycles. The third-order valence-corrected chi connectivity index (χ3v) is 7.87. The molecule has 0 aliphatic carbocycles. The Bertz CT molecular complexity index is 1350. The Morgan fingerprint density at radius 2 is 1.93 bits per heavy atom. The lowest BCUT2D eigenvalue weighted by Crippen LogP contribution is -2.50. The number of carbonyl (C=O) groups excluding carboxylic acids is 1. The van der Waals surface area contributed by atoms with Gasteiger partial charge in [0, 0.05) is 42.0 Å². The first kappa shape index (κ1) is 34.6. The van der Waals surface area contributed by atoms with Crippen molar-refractivity contribution in [2.24, 2.45) is 15.7 Å². The number of hydrogen-bond donors (Lipinski definition) is 3. The SMILES string of the molecule is C=C(C)CC/C(=C\C(N[C@@H]1CCN(C2=C(C)CCN=C(C(F)(F)F)C=C2)C[C@@H]1F)=C(/C)C(N)=O)NC1=C(C)CCC=CN=C1. The zero-order valence-electron chi connectivity index (χ0n) is 26.0. The molecule has 0 spiro atoms. The van der Waals surface area contributed by atoms with Crippen LogP contribution >= 0.6 is 0 Å². The number of nitrogens with one attached hydrogen (secondary N) is 2. The van der Waals surface area contributed by atoms with Crippen molar-refractivity contribution in [3.05, 3.63) is 82.2 Å². The predicted octanol–water partition coefficient (Wildman–Crippen LogP) is 6.47. The van der Waals surface area contributed by atoms with Gasteiger partial charge in [0.15, 0.2) is 0 Å². The molecule has 44 heavy (non-hydrogen) atoms. The number of primary amides is 1. The van der Waals surface area contributed by atoms with Gasteiger partial charge in [-0.2, -0.15) is 13.2 Å². The average Bonchev–Trinajstić information content (AvgIpc) is 2.92. The van der Waals surface area contributed by atoms with Crippen molar-refractivity contribution in [3.8, 4) is 0 Å². The van der Waals surface area contributed by atoms with Gasteiger partial charge in [0.25, 0.3) is 0 Å². The Morgan fingerprint density at radius 1 is 1.18 bits per heavy atom. The maximum absolute atomic E-state index is 15.8. The molecule has 3 aliphatic rings. The van der Waals surface area contributed by atoms with Crippen molar-refractivity contribution in [2.45, 2.75) is 84.6 Å². The molecule has 2 atom stereocenters. The standard InChI is InChI=1S/C33H44F4N6O/c1-21(2)9-10-25(41-29-19-39-15-7-6-8-22(29)3)18-28(24(5)32(38)44)42-27-14-17-43(20-26(27)34)30-11-12-31(33(35,36)37)40-16-13-23(30)4/h7,11-12,15,18-19,26-27,41-42H,1,6,8-10,13-14,16-17,20H2,2-5H3,(H2,38,44)/b12-11?,15-7?,25-18+,28-24-,29-22?,30-23?,39-19?,40-31?/t26-,27+/m0/s1. The minimum Gasteiger partial charge on any atom is -0.379 e. The maximum Gasteiger partial charge on any atom is 0.432 e. The van der Waals surface area contributed by atoms with Gasteiger partial charge in [-0.25, -0.2) is 4.39 Å². The summed E-state index contributed by atoms with van der Waals surface area (Å²) in [7, 11) is 0. The van der Waals surface area contributed by atoms with Crippen LogP contribution < -0.4 is 16.4 Å². The van der Waals surface area contributed by atoms with Gasteiger partial charge in [-0.15, -0.1) is 6.58 Å². The van der Waals surface area contributed by atoms with Crippen LogP contribution in [0.2, 0.25) is 0 Å². The van der Waals surface area contributed by atoms with E-state index in [1.54, 1.807) is 30.3 Å². The number of hydrogen-bond acceptors (Lipinski definition) is 6. The highest BCUT2D eigenvalue weighted by Gasteiger charge is 2.35. The summed E-state index contributed by atoms with van der Waals surface area (Å²) in [4.78, 5) is 22.1. The smallest absolute Gasteiger partial charge is 0.379 e. The minimum atomic E-state index is -4.55. The molecular formula is C33H44F4N6O. The Hall–Kier alpha value is -3.89. The van der Waals surface area contributed by atoms with E-state index in [4.69, 9.17) is 5.73 Å². The molecule has 0 aromatic rings. The zero-order chi connectivity index (χ0) is 32.4. The third-order valence-electron chi connectivity index (χ3n) is 7.87. The van der Waals surface area contributed by atoms with Crippen molar-refractivity contribution in [1.29, 1.82) is 0 Å². The van der Waals surface area contributed by atoms with Crippen LogP contribution in [0.15, 0.2) is 92.1 Å². The third kappa shape index (κ3) is 10.1. The van der Waals surface area contributed by atoms with Crippen molar-refractivity contribution in [3.63, 3.8) is 0 Å². The topological polar surface area (TPSA) is 95.1 Å². The predicted molar refractivity (Wildman–Crippen MR) is 170 cm³/mol. The number of piperidine rings is 1. The van der Waals surface area contributed by atoms with E-state index in [0.29, 0.717) is 43.6 Å². The van der Waals surface area contributed by atoms with Crippen molar-refractivity contribution >= 4 is 17.8 Å². The van der Waals surface area contributed by atoms with Gasteiger partial charge in [-0.3, -0.25) is 14.8 Å². The summed E-state index contributed by atoms with van der Waals surface area (Å²) in [5.41, 5.74) is 10.6. The number of nitrogens with two attached hydrogens (primary N) is 1. The molecule has 4 N–H and O–H groups in total. The van der Waals surface area contributed by atoms with Crippen LogP contribution in [0.1, 0.15) is 66.2 Å². The summed E-state index contributed by atoms with van der Waals surface area (Å²) in [5, 5.41) is 6.70. The first-order valence-corrected chi connectivity index (χ1v) is 14.9. The number of amides is 1. The molecule has 0 unspecified atom stereocenters. The van der Waals surface area contributed by atoms with Gasteiger partial charge in [0.05, 0.1) is 24.5 Å². The molecule has 7 nitrogen and oxygen atoms in total. The van der Waals surface area contributed by atoms with E-state index in [0.717, 1.165) is 47.0 Å². The fraction of sp³-hybridized carbons (Fsp3) is 0.485. The van der Waals surface area contributed by atoms with E-state index < -0.39 is 30.0 Å². The summed E-state index contributed by atoms with van der Waals surface area (Å²) >= 11 is 0. The van der Waals surface area contributed by atoms with Gasteiger partial charge in [-0.1, -0.05) is 11.6 Å². The van der Waals surface area contributed by atoms with Gasteiger partial charge in [0.2, 0.25) is 5.91 Å². The highest BCUT2D eigenvalue weighted by atomic mass is 19.4. The van der Waals surface area contributed by atoms with Crippen LogP contribution in [0.4, 0.5) is 17.6 Å². The van der Waals surface area contributed by atoms with Crippen molar-refractivity contribution < 1.29 is 22.4 Å². The Balaban J connectivity index is 1.85. The van der Waals surface area contributed by atoms with Crippen LogP contribution in [0.3, 0.4) is 0 Å².